The molecule has 1 aliphatic heterocycles. The molecule has 3 heterocycles. The lowest BCUT2D eigenvalue weighted by Crippen LogP contribution is -2.25. The highest BCUT2D eigenvalue weighted by Crippen LogP contribution is 2.51. The summed E-state index contributed by atoms with van der Waals surface area (Å²) in [5.74, 6) is -1.98. The Morgan fingerprint density at radius 2 is 1.15 bits per heavy atom. The van der Waals surface area contributed by atoms with Crippen LogP contribution in [0.4, 0.5) is 22.7 Å². The second kappa shape index (κ2) is 18.1. The van der Waals surface area contributed by atoms with Gasteiger partial charge in [0.25, 0.3) is 0 Å². The van der Waals surface area contributed by atoms with E-state index < -0.39 is 26.0 Å². The van der Waals surface area contributed by atoms with Gasteiger partial charge in [0.1, 0.15) is 24.0 Å². The van der Waals surface area contributed by atoms with Crippen LogP contribution >= 0.6 is 0 Å². The predicted molar refractivity (Wildman–Crippen MR) is 299 cm³/mol. The SMILES string of the molecule is [2H]c1nc(-n2c3ccccc3c3ccc(Oc4cccc(N5CN(c6c(-c7ccccc7)cccc6-c6cc(C(C)(C)C)cc(C(C)(C)C)c6)c6ccccc65)c4)cc32)c([2H])c(CC([2H])(C([2H])([2H])[2H])C([2H])([2H])[2H])c1-c1ccccc1. The van der Waals surface area contributed by atoms with Gasteiger partial charge in [0.15, 0.2) is 0 Å². The molecule has 0 radical (unpaired) electrons. The van der Waals surface area contributed by atoms with Gasteiger partial charge in [-0.3, -0.25) is 4.57 Å². The number of ether oxygens (including phenoxy) is 1. The van der Waals surface area contributed by atoms with Crippen molar-refractivity contribution in [3.8, 4) is 50.7 Å². The van der Waals surface area contributed by atoms with E-state index in [9.17, 15) is 2.74 Å². The van der Waals surface area contributed by atoms with Gasteiger partial charge in [0.2, 0.25) is 0 Å². The molecule has 0 atom stereocenters. The first kappa shape index (κ1) is 36.1. The summed E-state index contributed by atoms with van der Waals surface area (Å²) in [5.41, 5.74) is 12.7. The fourth-order valence-corrected chi connectivity index (χ4v) is 9.95. The van der Waals surface area contributed by atoms with Crippen LogP contribution in [0.3, 0.4) is 0 Å². The van der Waals surface area contributed by atoms with E-state index in [4.69, 9.17) is 19.3 Å². The van der Waals surface area contributed by atoms with E-state index in [0.29, 0.717) is 34.8 Å². The maximum absolute atomic E-state index is 9.82. The van der Waals surface area contributed by atoms with Crippen LogP contribution in [0.2, 0.25) is 0 Å². The Kier molecular flexibility index (Phi) is 9.22. The number of benzene rings is 8. The number of anilines is 4. The zero-order valence-electron chi connectivity index (χ0n) is 50.0. The number of hydrogen-bond donors (Lipinski definition) is 0. The molecule has 0 spiro atoms. The van der Waals surface area contributed by atoms with E-state index in [2.05, 4.69) is 148 Å². The van der Waals surface area contributed by atoms with Crippen LogP contribution in [-0.2, 0) is 17.3 Å². The number of aromatic nitrogens is 2. The summed E-state index contributed by atoms with van der Waals surface area (Å²) in [6.45, 7) is 7.60. The molecule has 0 fully saturated rings. The Hall–Kier alpha value is -7.89. The van der Waals surface area contributed by atoms with Gasteiger partial charge in [-0.2, -0.15) is 0 Å². The number of rotatable bonds is 10. The van der Waals surface area contributed by atoms with E-state index >= 15 is 0 Å². The second-order valence-electron chi connectivity index (χ2n) is 20.5. The molecule has 5 nitrogen and oxygen atoms in total. The summed E-state index contributed by atoms with van der Waals surface area (Å²) >= 11 is 0. The monoisotopic (exact) mass is 936 g/mol. The van der Waals surface area contributed by atoms with Crippen molar-refractivity contribution in [2.45, 2.75) is 72.5 Å². The Morgan fingerprint density at radius 3 is 1.85 bits per heavy atom. The molecule has 352 valence electrons. The average molecular weight is 936 g/mol. The van der Waals surface area contributed by atoms with Crippen molar-refractivity contribution in [2.75, 3.05) is 16.5 Å². The summed E-state index contributed by atoms with van der Waals surface area (Å²) in [6, 6.07) is 62.4. The first-order chi connectivity index (χ1) is 37.9. The van der Waals surface area contributed by atoms with Crippen molar-refractivity contribution >= 4 is 44.6 Å². The minimum absolute atomic E-state index is 0.0146. The van der Waals surface area contributed by atoms with Gasteiger partial charge in [-0.1, -0.05) is 189 Å². The van der Waals surface area contributed by atoms with Crippen LogP contribution in [0.5, 0.6) is 11.5 Å². The molecule has 71 heavy (non-hydrogen) atoms. The standard InChI is InChI=1S/C66H62N4O/c1-44(2)35-47-38-63(67-42-58(47)46-23-13-10-14-24-46)70-59-30-16-15-27-56(59)57-34-33-53(41-62(57)70)71-52-26-19-25-51(40-52)68-43-69(61-32-18-17-31-60(61)68)64-54(45-21-11-9-12-22-45)28-20-29-55(64)48-36-49(65(3,4)5)39-50(37-48)66(6,7)8/h9-34,36-42,44H,35,43H2,1-8H3/i1D3,2D3,38D,42D,44D. The Morgan fingerprint density at radius 1 is 0.563 bits per heavy atom. The quantitative estimate of drug-likeness (QED) is 0.137. The molecule has 0 saturated heterocycles. The summed E-state index contributed by atoms with van der Waals surface area (Å²) in [4.78, 5) is 9.48. The lowest BCUT2D eigenvalue weighted by Gasteiger charge is -2.29. The summed E-state index contributed by atoms with van der Waals surface area (Å²) in [7, 11) is 0. The molecule has 10 aromatic rings. The molecular weight excluding hydrogens is 865 g/mol. The van der Waals surface area contributed by atoms with Gasteiger partial charge in [-0.25, -0.2) is 4.98 Å². The minimum atomic E-state index is -3.27. The van der Waals surface area contributed by atoms with Crippen LogP contribution in [0.1, 0.15) is 84.3 Å². The van der Waals surface area contributed by atoms with E-state index in [1.165, 1.54) is 11.1 Å². The number of pyridine rings is 1. The third kappa shape index (κ3) is 8.75. The highest BCUT2D eigenvalue weighted by molar-refractivity contribution is 6.09. The van der Waals surface area contributed by atoms with Crippen molar-refractivity contribution in [1.29, 1.82) is 0 Å². The number of hydrogen-bond acceptors (Lipinski definition) is 4. The number of fused-ring (bicyclic) bond motifs is 4. The van der Waals surface area contributed by atoms with Crippen LogP contribution < -0.4 is 14.5 Å². The molecule has 8 aromatic carbocycles. The van der Waals surface area contributed by atoms with Gasteiger partial charge in [0, 0.05) is 61.1 Å². The van der Waals surface area contributed by atoms with Crippen molar-refractivity contribution in [2.24, 2.45) is 5.89 Å². The average Bonchev–Trinajstić information content (AvgIpc) is 4.18. The molecule has 0 unspecified atom stereocenters. The fraction of sp³-hybridized carbons (Fsp3) is 0.197. The molecule has 5 heteroatoms. The van der Waals surface area contributed by atoms with Crippen LogP contribution in [0.15, 0.2) is 200 Å². The first-order valence-corrected chi connectivity index (χ1v) is 24.3. The second-order valence-corrected chi connectivity index (χ2v) is 20.5. The molecule has 0 saturated carbocycles. The summed E-state index contributed by atoms with van der Waals surface area (Å²) in [6.07, 6.45) is -1.16. The molecular formula is C66H62N4O. The van der Waals surface area contributed by atoms with Crippen molar-refractivity contribution in [3.63, 3.8) is 0 Å². The van der Waals surface area contributed by atoms with Crippen molar-refractivity contribution < 1.29 is 17.1 Å². The van der Waals surface area contributed by atoms with Gasteiger partial charge in [-0.15, -0.1) is 0 Å². The number of para-hydroxylation sites is 4. The molecule has 0 N–H and O–H groups in total. The Bertz CT molecular complexity index is 3940. The first-order valence-electron chi connectivity index (χ1n) is 28.8. The van der Waals surface area contributed by atoms with Gasteiger partial charge < -0.3 is 14.5 Å². The van der Waals surface area contributed by atoms with Crippen molar-refractivity contribution in [3.05, 3.63) is 217 Å². The largest absolute Gasteiger partial charge is 0.457 e. The van der Waals surface area contributed by atoms with Crippen molar-refractivity contribution in [1.82, 2.24) is 9.55 Å². The summed E-state index contributed by atoms with van der Waals surface area (Å²) in [5, 5.41) is 1.62. The predicted octanol–water partition coefficient (Wildman–Crippen LogP) is 18.0. The van der Waals surface area contributed by atoms with E-state index in [1.54, 1.807) is 34.9 Å². The topological polar surface area (TPSA) is 33.5 Å². The van der Waals surface area contributed by atoms with Crippen LogP contribution in [0, 0.1) is 5.89 Å². The zero-order valence-corrected chi connectivity index (χ0v) is 41.0. The third-order valence-electron chi connectivity index (χ3n) is 13.6. The molecule has 0 bridgehead atoms. The lowest BCUT2D eigenvalue weighted by atomic mass is 9.78. The molecule has 0 amide bonds. The zero-order chi connectivity index (χ0) is 56.7. The minimum Gasteiger partial charge on any atom is -0.457 e. The molecule has 2 aromatic heterocycles. The maximum atomic E-state index is 9.82. The number of nitrogens with zero attached hydrogens (tertiary/aromatic N) is 4. The molecule has 11 rings (SSSR count). The Balaban J connectivity index is 1.01. The highest BCUT2D eigenvalue weighted by Gasteiger charge is 2.32. The van der Waals surface area contributed by atoms with Gasteiger partial charge >= 0.3 is 0 Å². The molecule has 1 aliphatic rings. The van der Waals surface area contributed by atoms with E-state index in [-0.39, 0.29) is 40.0 Å². The molecule has 0 aliphatic carbocycles. The van der Waals surface area contributed by atoms with E-state index in [0.717, 1.165) is 55.8 Å². The Labute approximate surface area is 432 Å². The van der Waals surface area contributed by atoms with Crippen LogP contribution in [0.25, 0.3) is 61.0 Å². The maximum Gasteiger partial charge on any atom is 0.137 e. The van der Waals surface area contributed by atoms with E-state index in [1.807, 2.05) is 60.7 Å². The van der Waals surface area contributed by atoms with Gasteiger partial charge in [-0.05, 0) is 105 Å². The third-order valence-corrected chi connectivity index (χ3v) is 13.6. The lowest BCUT2D eigenvalue weighted by molar-refractivity contribution is 0.483. The fourth-order valence-electron chi connectivity index (χ4n) is 9.95. The van der Waals surface area contributed by atoms with Crippen LogP contribution in [-0.4, -0.2) is 16.2 Å². The highest BCUT2D eigenvalue weighted by atomic mass is 16.5. The smallest absolute Gasteiger partial charge is 0.137 e. The normalized spacial score (nSPS) is 15.2. The summed E-state index contributed by atoms with van der Waals surface area (Å²) < 4.78 is 86.7. The van der Waals surface area contributed by atoms with Gasteiger partial charge in [0.05, 0.1) is 30.8 Å².